The van der Waals surface area contributed by atoms with Crippen LogP contribution in [0.25, 0.3) is 0 Å². The van der Waals surface area contributed by atoms with E-state index in [-0.39, 0.29) is 11.5 Å². The number of nitriles is 1. The molecule has 0 N–H and O–H groups in total. The summed E-state index contributed by atoms with van der Waals surface area (Å²) in [5.74, 6) is -0.439. The van der Waals surface area contributed by atoms with E-state index in [0.717, 1.165) is 10.0 Å². The first-order valence-corrected chi connectivity index (χ1v) is 10.2. The first-order chi connectivity index (χ1) is 11.9. The van der Waals surface area contributed by atoms with Gasteiger partial charge in [0.05, 0.1) is 22.8 Å². The molecule has 0 aliphatic heterocycles. The molecule has 4 nitrogen and oxygen atoms in total. The first-order valence-electron chi connectivity index (χ1n) is 7.52. The van der Waals surface area contributed by atoms with E-state index >= 15 is 0 Å². The van der Waals surface area contributed by atoms with E-state index in [9.17, 15) is 13.7 Å². The van der Waals surface area contributed by atoms with Crippen LogP contribution in [0, 0.1) is 16.7 Å². The highest BCUT2D eigenvalue weighted by molar-refractivity contribution is 9.10. The van der Waals surface area contributed by atoms with E-state index < -0.39 is 26.4 Å². The Morgan fingerprint density at radius 3 is 2.32 bits per heavy atom. The zero-order chi connectivity index (χ0) is 18.2. The third-order valence-electron chi connectivity index (χ3n) is 4.55. The Kier molecular flexibility index (Phi) is 4.95. The molecule has 0 radical (unpaired) electrons. The number of methoxy groups -OCH3 is 1. The summed E-state index contributed by atoms with van der Waals surface area (Å²) in [6.07, 6.45) is 0. The van der Waals surface area contributed by atoms with Crippen LogP contribution in [0.4, 0.5) is 0 Å². The highest BCUT2D eigenvalue weighted by Crippen LogP contribution is 2.63. The summed E-state index contributed by atoms with van der Waals surface area (Å²) in [7, 11) is -2.23. The Hall–Kier alpha value is -1.39. The SMILES string of the molecule is COC[C@]1(C#N)[C@H](c2ccc(Br)cc2)[C@H]1S(=O)(=O)c1ccc(Cl)cc1. The lowest BCUT2D eigenvalue weighted by Gasteiger charge is -2.08. The molecule has 0 unspecified atom stereocenters. The van der Waals surface area contributed by atoms with Crippen LogP contribution in [0.2, 0.25) is 5.02 Å². The van der Waals surface area contributed by atoms with Crippen molar-refractivity contribution in [2.24, 2.45) is 5.41 Å². The zero-order valence-corrected chi connectivity index (χ0v) is 16.5. The van der Waals surface area contributed by atoms with Crippen molar-refractivity contribution in [2.45, 2.75) is 16.1 Å². The Labute approximate surface area is 160 Å². The van der Waals surface area contributed by atoms with Gasteiger partial charge in [0.25, 0.3) is 0 Å². The van der Waals surface area contributed by atoms with Crippen LogP contribution in [0.15, 0.2) is 57.9 Å². The van der Waals surface area contributed by atoms with Crippen LogP contribution in [0.1, 0.15) is 11.5 Å². The minimum Gasteiger partial charge on any atom is -0.383 e. The second-order valence-corrected chi connectivity index (χ2v) is 9.46. The van der Waals surface area contributed by atoms with Crippen LogP contribution in [0.3, 0.4) is 0 Å². The number of sulfone groups is 1. The highest BCUT2D eigenvalue weighted by atomic mass is 79.9. The molecule has 0 bridgehead atoms. The zero-order valence-electron chi connectivity index (χ0n) is 13.3. The van der Waals surface area contributed by atoms with Gasteiger partial charge in [-0.25, -0.2) is 8.42 Å². The summed E-state index contributed by atoms with van der Waals surface area (Å²) in [6, 6.07) is 15.6. The lowest BCUT2D eigenvalue weighted by atomic mass is 10.0. The van der Waals surface area contributed by atoms with Crippen LogP contribution in [-0.2, 0) is 14.6 Å². The number of nitrogens with zero attached hydrogens (tertiary/aromatic N) is 1. The molecule has 0 aromatic heterocycles. The fraction of sp³-hybridized carbons (Fsp3) is 0.278. The van der Waals surface area contributed by atoms with E-state index in [0.29, 0.717) is 5.02 Å². The summed E-state index contributed by atoms with van der Waals surface area (Å²) in [5.41, 5.74) is -0.287. The predicted octanol–water partition coefficient (Wildman–Crippen LogP) is 4.20. The third-order valence-corrected chi connectivity index (χ3v) is 7.62. The monoisotopic (exact) mass is 439 g/mol. The first kappa shape index (κ1) is 18.4. The Morgan fingerprint density at radius 2 is 1.80 bits per heavy atom. The molecule has 1 fully saturated rings. The number of hydrogen-bond donors (Lipinski definition) is 0. The summed E-state index contributed by atoms with van der Waals surface area (Å²) in [5, 5.41) is 9.38. The molecule has 2 aromatic rings. The van der Waals surface area contributed by atoms with Gasteiger partial charge in [0, 0.05) is 22.5 Å². The Bertz CT molecular complexity index is 922. The maximum atomic E-state index is 13.1. The number of benzene rings is 2. The average molecular weight is 441 g/mol. The summed E-state index contributed by atoms with van der Waals surface area (Å²) >= 11 is 9.23. The van der Waals surface area contributed by atoms with E-state index in [1.807, 2.05) is 24.3 Å². The molecule has 1 aliphatic carbocycles. The molecule has 0 amide bonds. The fourth-order valence-electron chi connectivity index (χ4n) is 3.35. The van der Waals surface area contributed by atoms with Gasteiger partial charge >= 0.3 is 0 Å². The van der Waals surface area contributed by atoms with Crippen LogP contribution >= 0.6 is 27.5 Å². The van der Waals surface area contributed by atoms with Gasteiger partial charge in [-0.15, -0.1) is 0 Å². The molecule has 3 rings (SSSR count). The standard InChI is InChI=1S/C18H15BrClNO3S/c1-24-11-18(10-21)16(12-2-4-13(19)5-3-12)17(18)25(22,23)15-8-6-14(20)7-9-15/h2-9,16-17H,11H2,1H3/t16-,17-,18-/m1/s1. The van der Waals surface area contributed by atoms with Crippen molar-refractivity contribution in [3.8, 4) is 6.07 Å². The maximum absolute atomic E-state index is 13.1. The molecule has 0 heterocycles. The van der Waals surface area contributed by atoms with Crippen LogP contribution in [0.5, 0.6) is 0 Å². The molecule has 0 saturated heterocycles. The molecule has 25 heavy (non-hydrogen) atoms. The van der Waals surface area contributed by atoms with Gasteiger partial charge in [0.15, 0.2) is 9.84 Å². The molecule has 3 atom stereocenters. The van der Waals surface area contributed by atoms with Crippen molar-refractivity contribution in [2.75, 3.05) is 13.7 Å². The third kappa shape index (κ3) is 3.11. The Morgan fingerprint density at radius 1 is 1.20 bits per heavy atom. The maximum Gasteiger partial charge on any atom is 0.183 e. The predicted molar refractivity (Wildman–Crippen MR) is 99.2 cm³/mol. The number of rotatable bonds is 5. The van der Waals surface area contributed by atoms with Crippen molar-refractivity contribution >= 4 is 37.4 Å². The Balaban J connectivity index is 2.07. The topological polar surface area (TPSA) is 67.2 Å². The normalized spacial score (nSPS) is 25.4. The van der Waals surface area contributed by atoms with Gasteiger partial charge in [-0.05, 0) is 42.0 Å². The van der Waals surface area contributed by atoms with Gasteiger partial charge in [-0.3, -0.25) is 0 Å². The van der Waals surface area contributed by atoms with Gasteiger partial charge in [-0.1, -0.05) is 39.7 Å². The quantitative estimate of drug-likeness (QED) is 0.699. The van der Waals surface area contributed by atoms with Crippen molar-refractivity contribution in [3.63, 3.8) is 0 Å². The van der Waals surface area contributed by atoms with Crippen molar-refractivity contribution in [1.82, 2.24) is 0 Å². The van der Waals surface area contributed by atoms with Crippen molar-refractivity contribution in [1.29, 1.82) is 5.26 Å². The largest absolute Gasteiger partial charge is 0.383 e. The smallest absolute Gasteiger partial charge is 0.183 e. The molecule has 2 aromatic carbocycles. The molecule has 7 heteroatoms. The molecule has 1 saturated carbocycles. The van der Waals surface area contributed by atoms with Gasteiger partial charge in [-0.2, -0.15) is 5.26 Å². The minimum absolute atomic E-state index is 0.0573. The fourth-order valence-corrected chi connectivity index (χ4v) is 6.05. The summed E-state index contributed by atoms with van der Waals surface area (Å²) < 4.78 is 32.4. The highest BCUT2D eigenvalue weighted by Gasteiger charge is 2.72. The minimum atomic E-state index is -3.70. The van der Waals surface area contributed by atoms with Crippen molar-refractivity contribution < 1.29 is 13.2 Å². The van der Waals surface area contributed by atoms with E-state index in [4.69, 9.17) is 16.3 Å². The average Bonchev–Trinajstić information content (AvgIpc) is 3.26. The second-order valence-electron chi connectivity index (χ2n) is 6.03. The lowest BCUT2D eigenvalue weighted by molar-refractivity contribution is 0.162. The summed E-state index contributed by atoms with van der Waals surface area (Å²) in [6.45, 7) is 0.0573. The van der Waals surface area contributed by atoms with E-state index in [1.165, 1.54) is 31.4 Å². The van der Waals surface area contributed by atoms with Gasteiger partial charge in [0.2, 0.25) is 0 Å². The number of halogens is 2. The van der Waals surface area contributed by atoms with Gasteiger partial charge in [0.1, 0.15) is 5.41 Å². The van der Waals surface area contributed by atoms with E-state index in [2.05, 4.69) is 22.0 Å². The summed E-state index contributed by atoms with van der Waals surface area (Å²) in [4.78, 5) is 0.164. The van der Waals surface area contributed by atoms with E-state index in [1.54, 1.807) is 0 Å². The van der Waals surface area contributed by atoms with Crippen LogP contribution < -0.4 is 0 Å². The van der Waals surface area contributed by atoms with Crippen molar-refractivity contribution in [3.05, 3.63) is 63.6 Å². The lowest BCUT2D eigenvalue weighted by Crippen LogP contribution is -2.19. The molecular formula is C18H15BrClNO3S. The van der Waals surface area contributed by atoms with Crippen LogP contribution in [-0.4, -0.2) is 27.4 Å². The number of hydrogen-bond acceptors (Lipinski definition) is 4. The van der Waals surface area contributed by atoms with Gasteiger partial charge < -0.3 is 4.74 Å². The second kappa shape index (κ2) is 6.73. The molecular weight excluding hydrogens is 426 g/mol. The molecule has 0 spiro atoms. The molecule has 130 valence electrons. The molecule has 1 aliphatic rings. The number of ether oxygens (including phenoxy) is 1.